The zero-order valence-corrected chi connectivity index (χ0v) is 11.3. The maximum atomic E-state index is 11.7. The van der Waals surface area contributed by atoms with E-state index in [1.165, 1.54) is 0 Å². The standard InChI is InChI=1S/C12H16N2O8/c15-6(4-14-7(16)1-2-8(14)17)13-3-5-9(18)10(19)11(20)12(21)22-5/h1-2,5,9-12,18-21H,3-4H2,(H,13,15)/t5-,9-,10+,11-,12?/m1/s1. The summed E-state index contributed by atoms with van der Waals surface area (Å²) in [6.07, 6.45) is -5.58. The molecule has 1 fully saturated rings. The number of aliphatic hydroxyl groups is 4. The predicted octanol–water partition coefficient (Wildman–Crippen LogP) is -4.17. The van der Waals surface area contributed by atoms with Gasteiger partial charge in [0.05, 0.1) is 0 Å². The van der Waals surface area contributed by atoms with Crippen molar-refractivity contribution >= 4 is 17.7 Å². The van der Waals surface area contributed by atoms with Crippen molar-refractivity contribution in [1.29, 1.82) is 0 Å². The molecule has 0 aromatic rings. The summed E-state index contributed by atoms with van der Waals surface area (Å²) < 4.78 is 4.86. The summed E-state index contributed by atoms with van der Waals surface area (Å²) in [6, 6.07) is 0. The lowest BCUT2D eigenvalue weighted by Gasteiger charge is -2.38. The van der Waals surface area contributed by atoms with Gasteiger partial charge in [-0.25, -0.2) is 0 Å². The number of hydrogen-bond acceptors (Lipinski definition) is 8. The van der Waals surface area contributed by atoms with Gasteiger partial charge in [-0.2, -0.15) is 0 Å². The third-order valence-corrected chi connectivity index (χ3v) is 3.39. The van der Waals surface area contributed by atoms with Crippen molar-refractivity contribution in [3.8, 4) is 0 Å². The molecule has 1 unspecified atom stereocenters. The summed E-state index contributed by atoms with van der Waals surface area (Å²) in [5.74, 6) is -1.90. The highest BCUT2D eigenvalue weighted by molar-refractivity contribution is 6.14. The third kappa shape index (κ3) is 3.31. The molecule has 0 spiro atoms. The first-order chi connectivity index (χ1) is 10.3. The van der Waals surface area contributed by atoms with Gasteiger partial charge in [0.1, 0.15) is 31.0 Å². The highest BCUT2D eigenvalue weighted by atomic mass is 16.6. The molecule has 122 valence electrons. The lowest BCUT2D eigenvalue weighted by Crippen LogP contribution is -2.60. The van der Waals surface area contributed by atoms with Crippen LogP contribution in [0.25, 0.3) is 0 Å². The fourth-order valence-electron chi connectivity index (χ4n) is 2.10. The molecule has 2 rings (SSSR count). The average Bonchev–Trinajstić information content (AvgIpc) is 2.79. The zero-order chi connectivity index (χ0) is 16.4. The zero-order valence-electron chi connectivity index (χ0n) is 11.3. The smallest absolute Gasteiger partial charge is 0.254 e. The van der Waals surface area contributed by atoms with Crippen molar-refractivity contribution in [2.24, 2.45) is 0 Å². The number of rotatable bonds is 4. The number of imide groups is 1. The van der Waals surface area contributed by atoms with Gasteiger partial charge >= 0.3 is 0 Å². The Kier molecular flexibility index (Phi) is 4.88. The quantitative estimate of drug-likeness (QED) is 0.327. The molecule has 10 heteroatoms. The van der Waals surface area contributed by atoms with E-state index in [1.54, 1.807) is 0 Å². The number of nitrogens with one attached hydrogen (secondary N) is 1. The average molecular weight is 316 g/mol. The number of hydrogen-bond donors (Lipinski definition) is 5. The van der Waals surface area contributed by atoms with Crippen LogP contribution in [0.15, 0.2) is 12.2 Å². The van der Waals surface area contributed by atoms with Crippen LogP contribution in [0.3, 0.4) is 0 Å². The van der Waals surface area contributed by atoms with E-state index in [9.17, 15) is 34.8 Å². The molecule has 5 N–H and O–H groups in total. The molecule has 0 aliphatic carbocycles. The van der Waals surface area contributed by atoms with Crippen molar-refractivity contribution < 1.29 is 39.5 Å². The van der Waals surface area contributed by atoms with Gasteiger partial charge in [-0.3, -0.25) is 19.3 Å². The van der Waals surface area contributed by atoms with Crippen LogP contribution in [0, 0.1) is 0 Å². The second-order valence-corrected chi connectivity index (χ2v) is 4.94. The maximum Gasteiger partial charge on any atom is 0.254 e. The maximum absolute atomic E-state index is 11.7. The van der Waals surface area contributed by atoms with Gasteiger partial charge in [0.25, 0.3) is 11.8 Å². The molecule has 1 saturated heterocycles. The van der Waals surface area contributed by atoms with Crippen LogP contribution >= 0.6 is 0 Å². The molecular weight excluding hydrogens is 300 g/mol. The molecular formula is C12H16N2O8. The largest absolute Gasteiger partial charge is 0.388 e. The molecule has 2 aliphatic heterocycles. The monoisotopic (exact) mass is 316 g/mol. The predicted molar refractivity (Wildman–Crippen MR) is 67.8 cm³/mol. The first kappa shape index (κ1) is 16.5. The Hall–Kier alpha value is -1.85. The van der Waals surface area contributed by atoms with Crippen molar-refractivity contribution in [2.75, 3.05) is 13.1 Å². The van der Waals surface area contributed by atoms with E-state index in [0.29, 0.717) is 0 Å². The van der Waals surface area contributed by atoms with E-state index in [0.717, 1.165) is 17.1 Å². The highest BCUT2D eigenvalue weighted by Gasteiger charge is 2.43. The molecule has 0 radical (unpaired) electrons. The summed E-state index contributed by atoms with van der Waals surface area (Å²) in [6.45, 7) is -0.786. The van der Waals surface area contributed by atoms with E-state index < -0.39 is 55.0 Å². The van der Waals surface area contributed by atoms with Crippen molar-refractivity contribution in [2.45, 2.75) is 30.7 Å². The number of carbonyl (C=O) groups is 3. The second-order valence-electron chi connectivity index (χ2n) is 4.94. The molecule has 0 bridgehead atoms. The molecule has 3 amide bonds. The minimum atomic E-state index is -1.70. The topological polar surface area (TPSA) is 157 Å². The summed E-state index contributed by atoms with van der Waals surface area (Å²) in [5.41, 5.74) is 0. The molecule has 0 saturated carbocycles. The molecule has 2 aliphatic rings. The Bertz CT molecular complexity index is 489. The lowest BCUT2D eigenvalue weighted by atomic mass is 9.99. The van der Waals surface area contributed by atoms with E-state index >= 15 is 0 Å². The van der Waals surface area contributed by atoms with E-state index in [4.69, 9.17) is 4.74 Å². The Labute approximate surface area is 124 Å². The van der Waals surface area contributed by atoms with Gasteiger partial charge < -0.3 is 30.5 Å². The molecule has 0 aromatic heterocycles. The molecule has 22 heavy (non-hydrogen) atoms. The number of aliphatic hydroxyl groups excluding tert-OH is 4. The van der Waals surface area contributed by atoms with Gasteiger partial charge in [-0.05, 0) is 0 Å². The van der Waals surface area contributed by atoms with Crippen LogP contribution in [0.5, 0.6) is 0 Å². The van der Waals surface area contributed by atoms with Crippen LogP contribution in [0.4, 0.5) is 0 Å². The Morgan fingerprint density at radius 2 is 1.68 bits per heavy atom. The number of nitrogens with zero attached hydrogens (tertiary/aromatic N) is 1. The Morgan fingerprint density at radius 1 is 1.09 bits per heavy atom. The van der Waals surface area contributed by atoms with Gasteiger partial charge in [-0.15, -0.1) is 0 Å². The lowest BCUT2D eigenvalue weighted by molar-refractivity contribution is -0.280. The summed E-state index contributed by atoms with van der Waals surface area (Å²) >= 11 is 0. The number of carbonyl (C=O) groups excluding carboxylic acids is 3. The molecule has 0 aromatic carbocycles. The fraction of sp³-hybridized carbons (Fsp3) is 0.583. The number of ether oxygens (including phenoxy) is 1. The summed E-state index contributed by atoms with van der Waals surface area (Å²) in [5, 5.41) is 40.1. The van der Waals surface area contributed by atoms with Crippen molar-refractivity contribution in [3.63, 3.8) is 0 Å². The van der Waals surface area contributed by atoms with E-state index in [1.807, 2.05) is 0 Å². The summed E-state index contributed by atoms with van der Waals surface area (Å²) in [7, 11) is 0. The third-order valence-electron chi connectivity index (χ3n) is 3.39. The first-order valence-electron chi connectivity index (χ1n) is 6.49. The van der Waals surface area contributed by atoms with E-state index in [2.05, 4.69) is 5.32 Å². The van der Waals surface area contributed by atoms with Gasteiger partial charge in [0.15, 0.2) is 6.29 Å². The van der Waals surface area contributed by atoms with Crippen LogP contribution in [-0.4, -0.2) is 86.8 Å². The van der Waals surface area contributed by atoms with Crippen molar-refractivity contribution in [1.82, 2.24) is 10.2 Å². The Morgan fingerprint density at radius 3 is 2.27 bits per heavy atom. The fourth-order valence-corrected chi connectivity index (χ4v) is 2.10. The molecule has 2 heterocycles. The highest BCUT2D eigenvalue weighted by Crippen LogP contribution is 2.19. The normalized spacial score (nSPS) is 35.1. The second kappa shape index (κ2) is 6.50. The van der Waals surface area contributed by atoms with Crippen LogP contribution < -0.4 is 5.32 Å². The van der Waals surface area contributed by atoms with E-state index in [-0.39, 0.29) is 6.54 Å². The van der Waals surface area contributed by atoms with Crippen LogP contribution in [-0.2, 0) is 19.1 Å². The minimum absolute atomic E-state index is 0.287. The van der Waals surface area contributed by atoms with Gasteiger partial charge in [-0.1, -0.05) is 0 Å². The SMILES string of the molecule is O=C(CN1C(=O)C=CC1=O)NC[C@H]1OC(O)[C@H](O)[C@@H](O)[C@@H]1O. The van der Waals surface area contributed by atoms with Crippen molar-refractivity contribution in [3.05, 3.63) is 12.2 Å². The van der Waals surface area contributed by atoms with Crippen LogP contribution in [0.2, 0.25) is 0 Å². The van der Waals surface area contributed by atoms with Gasteiger partial charge in [0.2, 0.25) is 5.91 Å². The Balaban J connectivity index is 1.83. The summed E-state index contributed by atoms with van der Waals surface area (Å²) in [4.78, 5) is 35.0. The molecule has 10 nitrogen and oxygen atoms in total. The first-order valence-corrected chi connectivity index (χ1v) is 6.49. The van der Waals surface area contributed by atoms with Gasteiger partial charge in [0, 0.05) is 18.7 Å². The van der Waals surface area contributed by atoms with Crippen LogP contribution in [0.1, 0.15) is 0 Å². The molecule has 5 atom stereocenters. The number of amides is 3. The minimum Gasteiger partial charge on any atom is -0.388 e.